The van der Waals surface area contributed by atoms with Gasteiger partial charge in [-0.15, -0.1) is 0 Å². The fourth-order valence-electron chi connectivity index (χ4n) is 2.26. The zero-order valence-electron chi connectivity index (χ0n) is 10.1. The molecule has 18 heavy (non-hydrogen) atoms. The van der Waals surface area contributed by atoms with Crippen LogP contribution in [0.2, 0.25) is 0 Å². The maximum absolute atomic E-state index is 12.9. The number of aromatic amines is 1. The first kappa shape index (κ1) is 11.4. The summed E-state index contributed by atoms with van der Waals surface area (Å²) in [4.78, 5) is 0. The predicted molar refractivity (Wildman–Crippen MR) is 67.3 cm³/mol. The lowest BCUT2D eigenvalue weighted by atomic mass is 10.0. The van der Waals surface area contributed by atoms with Crippen molar-refractivity contribution in [2.24, 2.45) is 5.92 Å². The average Bonchev–Trinajstić information content (AvgIpc) is 3.08. The lowest BCUT2D eigenvalue weighted by molar-refractivity contribution is 0.475. The smallest absolute Gasteiger partial charge is 0.123 e. The van der Waals surface area contributed by atoms with E-state index in [0.29, 0.717) is 12.0 Å². The molecule has 0 aliphatic heterocycles. The van der Waals surface area contributed by atoms with Crippen molar-refractivity contribution < 1.29 is 4.39 Å². The molecule has 1 aliphatic rings. The fraction of sp³-hybridized carbons (Fsp3) is 0.357. The molecule has 1 unspecified atom stereocenters. The number of halogens is 1. The van der Waals surface area contributed by atoms with Crippen LogP contribution in [0, 0.1) is 11.7 Å². The Hall–Kier alpha value is -1.68. The molecule has 1 aromatic heterocycles. The molecule has 1 fully saturated rings. The maximum atomic E-state index is 12.9. The van der Waals surface area contributed by atoms with Gasteiger partial charge in [-0.1, -0.05) is 12.1 Å². The highest BCUT2D eigenvalue weighted by molar-refractivity contribution is 5.22. The molecule has 0 radical (unpaired) electrons. The van der Waals surface area contributed by atoms with E-state index in [2.05, 4.69) is 15.5 Å². The molecule has 3 rings (SSSR count). The monoisotopic (exact) mass is 245 g/mol. The molecule has 1 aromatic carbocycles. The highest BCUT2D eigenvalue weighted by atomic mass is 19.1. The lowest BCUT2D eigenvalue weighted by Gasteiger charge is -2.18. The molecule has 0 spiro atoms. The first-order chi connectivity index (χ1) is 8.83. The van der Waals surface area contributed by atoms with E-state index in [1.54, 1.807) is 6.20 Å². The van der Waals surface area contributed by atoms with E-state index < -0.39 is 0 Å². The quantitative estimate of drug-likeness (QED) is 0.850. The van der Waals surface area contributed by atoms with Crippen molar-refractivity contribution >= 4 is 0 Å². The molecule has 1 aliphatic carbocycles. The Bertz CT molecular complexity index is 488. The number of H-pyrrole nitrogens is 1. The molecule has 2 N–H and O–H groups in total. The molecule has 4 heteroatoms. The molecule has 1 atom stereocenters. The summed E-state index contributed by atoms with van der Waals surface area (Å²) in [5.74, 6) is 0.500. The van der Waals surface area contributed by atoms with Gasteiger partial charge in [-0.2, -0.15) is 5.10 Å². The van der Waals surface area contributed by atoms with Crippen molar-refractivity contribution in [2.45, 2.75) is 25.4 Å². The van der Waals surface area contributed by atoms with Gasteiger partial charge in [0.1, 0.15) is 5.82 Å². The largest absolute Gasteiger partial charge is 0.304 e. The van der Waals surface area contributed by atoms with Crippen LogP contribution in [0.3, 0.4) is 0 Å². The second-order valence-corrected chi connectivity index (χ2v) is 4.83. The zero-order valence-corrected chi connectivity index (χ0v) is 10.1. The Morgan fingerprint density at radius 2 is 2.06 bits per heavy atom. The standard InChI is InChI=1S/C14H16FN3/c15-12-5-3-11(4-6-12)14(10-1-2-10)16-9-13-7-8-17-18-13/h3-8,10,14,16H,1-2,9H2,(H,17,18). The van der Waals surface area contributed by atoms with E-state index >= 15 is 0 Å². The van der Waals surface area contributed by atoms with Crippen molar-refractivity contribution in [3.63, 3.8) is 0 Å². The second kappa shape index (κ2) is 4.90. The maximum Gasteiger partial charge on any atom is 0.123 e. The van der Waals surface area contributed by atoms with E-state index in [1.165, 1.54) is 30.5 Å². The van der Waals surface area contributed by atoms with Crippen LogP contribution in [0.25, 0.3) is 0 Å². The molecular weight excluding hydrogens is 229 g/mol. The third kappa shape index (κ3) is 2.59. The molecule has 1 heterocycles. The van der Waals surface area contributed by atoms with Crippen LogP contribution < -0.4 is 5.32 Å². The molecule has 2 aromatic rings. The molecule has 1 saturated carbocycles. The highest BCUT2D eigenvalue weighted by Gasteiger charge is 2.31. The molecule has 0 saturated heterocycles. The second-order valence-electron chi connectivity index (χ2n) is 4.83. The summed E-state index contributed by atoms with van der Waals surface area (Å²) in [5.41, 5.74) is 2.24. The number of rotatable bonds is 5. The van der Waals surface area contributed by atoms with Crippen LogP contribution in [0.5, 0.6) is 0 Å². The Labute approximate surface area is 105 Å². The lowest BCUT2D eigenvalue weighted by Crippen LogP contribution is -2.22. The minimum absolute atomic E-state index is 0.179. The highest BCUT2D eigenvalue weighted by Crippen LogP contribution is 2.41. The van der Waals surface area contributed by atoms with E-state index in [9.17, 15) is 4.39 Å². The number of hydrogen-bond donors (Lipinski definition) is 2. The SMILES string of the molecule is Fc1ccc(C(NCc2ccn[nH]2)C2CC2)cc1. The summed E-state index contributed by atoms with van der Waals surface area (Å²) < 4.78 is 12.9. The van der Waals surface area contributed by atoms with Gasteiger partial charge in [0.05, 0.1) is 0 Å². The number of nitrogens with one attached hydrogen (secondary N) is 2. The topological polar surface area (TPSA) is 40.7 Å². The van der Waals surface area contributed by atoms with Gasteiger partial charge >= 0.3 is 0 Å². The summed E-state index contributed by atoms with van der Waals surface area (Å²) in [5, 5.41) is 10.4. The predicted octanol–water partition coefficient (Wildman–Crippen LogP) is 2.79. The van der Waals surface area contributed by atoms with E-state index in [1.807, 2.05) is 18.2 Å². The van der Waals surface area contributed by atoms with Crippen LogP contribution in [0.1, 0.15) is 30.1 Å². The summed E-state index contributed by atoms with van der Waals surface area (Å²) in [6.45, 7) is 0.762. The van der Waals surface area contributed by atoms with Gasteiger partial charge in [-0.3, -0.25) is 5.10 Å². The van der Waals surface area contributed by atoms with Gasteiger partial charge in [-0.05, 0) is 42.5 Å². The summed E-state index contributed by atoms with van der Waals surface area (Å²) >= 11 is 0. The molecule has 3 nitrogen and oxygen atoms in total. The van der Waals surface area contributed by atoms with Gasteiger partial charge in [0.2, 0.25) is 0 Å². The van der Waals surface area contributed by atoms with Gasteiger partial charge in [0, 0.05) is 24.5 Å². The first-order valence-corrected chi connectivity index (χ1v) is 6.30. The zero-order chi connectivity index (χ0) is 12.4. The fourth-order valence-corrected chi connectivity index (χ4v) is 2.26. The van der Waals surface area contributed by atoms with E-state index in [-0.39, 0.29) is 5.82 Å². The Morgan fingerprint density at radius 3 is 2.67 bits per heavy atom. The van der Waals surface area contributed by atoms with Crippen LogP contribution >= 0.6 is 0 Å². The van der Waals surface area contributed by atoms with Crippen molar-refractivity contribution in [3.05, 3.63) is 53.6 Å². The third-order valence-corrected chi connectivity index (χ3v) is 3.39. The normalized spacial score (nSPS) is 16.7. The summed E-state index contributed by atoms with van der Waals surface area (Å²) in [6.07, 6.45) is 4.25. The number of benzene rings is 1. The third-order valence-electron chi connectivity index (χ3n) is 3.39. The van der Waals surface area contributed by atoms with Gasteiger partial charge < -0.3 is 5.32 Å². The summed E-state index contributed by atoms with van der Waals surface area (Å²) in [6, 6.07) is 9.08. The van der Waals surface area contributed by atoms with Crippen molar-refractivity contribution in [2.75, 3.05) is 0 Å². The van der Waals surface area contributed by atoms with Gasteiger partial charge in [0.15, 0.2) is 0 Å². The molecule has 0 bridgehead atoms. The van der Waals surface area contributed by atoms with Gasteiger partial charge in [-0.25, -0.2) is 4.39 Å². The van der Waals surface area contributed by atoms with Crippen LogP contribution in [-0.2, 0) is 6.54 Å². The summed E-state index contributed by atoms with van der Waals surface area (Å²) in [7, 11) is 0. The van der Waals surface area contributed by atoms with E-state index in [4.69, 9.17) is 0 Å². The Morgan fingerprint density at radius 1 is 1.28 bits per heavy atom. The Balaban J connectivity index is 1.70. The first-order valence-electron chi connectivity index (χ1n) is 6.30. The number of hydrogen-bond acceptors (Lipinski definition) is 2. The van der Waals surface area contributed by atoms with Crippen LogP contribution in [0.15, 0.2) is 36.5 Å². The number of aromatic nitrogens is 2. The van der Waals surface area contributed by atoms with Gasteiger partial charge in [0.25, 0.3) is 0 Å². The van der Waals surface area contributed by atoms with Crippen LogP contribution in [0.4, 0.5) is 4.39 Å². The van der Waals surface area contributed by atoms with Crippen LogP contribution in [-0.4, -0.2) is 10.2 Å². The Kier molecular flexibility index (Phi) is 3.11. The minimum atomic E-state index is -0.179. The molecule has 0 amide bonds. The van der Waals surface area contributed by atoms with Crippen molar-refractivity contribution in [3.8, 4) is 0 Å². The van der Waals surface area contributed by atoms with Crippen molar-refractivity contribution in [1.82, 2.24) is 15.5 Å². The minimum Gasteiger partial charge on any atom is -0.304 e. The van der Waals surface area contributed by atoms with E-state index in [0.717, 1.165) is 12.2 Å². The number of nitrogens with zero attached hydrogens (tertiary/aromatic N) is 1. The van der Waals surface area contributed by atoms with Crippen molar-refractivity contribution in [1.29, 1.82) is 0 Å². The molecular formula is C14H16FN3. The average molecular weight is 245 g/mol. The molecule has 94 valence electrons.